The first-order valence-electron chi connectivity index (χ1n) is 13.6. The van der Waals surface area contributed by atoms with Crippen LogP contribution in [0.5, 0.6) is 0 Å². The van der Waals surface area contributed by atoms with Gasteiger partial charge in [0.2, 0.25) is 0 Å². The molecule has 0 unspecified atom stereocenters. The smallest absolute Gasteiger partial charge is 0.338 e. The van der Waals surface area contributed by atoms with E-state index in [-0.39, 0.29) is 17.7 Å². The van der Waals surface area contributed by atoms with E-state index in [0.717, 1.165) is 11.1 Å². The van der Waals surface area contributed by atoms with E-state index in [1.807, 2.05) is 60.7 Å². The van der Waals surface area contributed by atoms with Gasteiger partial charge in [-0.25, -0.2) is 14.6 Å². The highest BCUT2D eigenvalue weighted by Gasteiger charge is 2.35. The molecule has 0 N–H and O–H groups in total. The largest absolute Gasteiger partial charge is 0.465 e. The molecule has 3 aromatic carbocycles. The molecule has 0 bridgehead atoms. The Labute approximate surface area is 250 Å². The number of carbonyl (C=O) groups excluding carboxylic acids is 2. The summed E-state index contributed by atoms with van der Waals surface area (Å²) in [4.78, 5) is 45.1. The summed E-state index contributed by atoms with van der Waals surface area (Å²) in [6, 6.07) is 28.5. The molecule has 0 fully saturated rings. The fraction of sp³-hybridized carbons (Fsp3) is 0.118. The Morgan fingerprint density at radius 2 is 1.63 bits per heavy atom. The molecule has 5 aromatic rings. The van der Waals surface area contributed by atoms with Gasteiger partial charge in [-0.2, -0.15) is 0 Å². The van der Waals surface area contributed by atoms with Crippen LogP contribution in [-0.2, 0) is 14.3 Å². The lowest BCUT2D eigenvalue weighted by Crippen LogP contribution is -2.39. The fourth-order valence-corrected chi connectivity index (χ4v) is 6.06. The quantitative estimate of drug-likeness (QED) is 0.248. The minimum Gasteiger partial charge on any atom is -0.465 e. The number of fused-ring (bicyclic) bond motifs is 1. The van der Waals surface area contributed by atoms with Crippen molar-refractivity contribution in [2.24, 2.45) is 4.99 Å². The monoisotopic (exact) mass is 590 g/mol. The van der Waals surface area contributed by atoms with Gasteiger partial charge in [-0.05, 0) is 30.7 Å². The number of hydrogen-bond acceptors (Lipinski definition) is 8. The number of hydrogen-bond donors (Lipinski definition) is 0. The van der Waals surface area contributed by atoms with Crippen molar-refractivity contribution in [2.75, 3.05) is 13.7 Å². The summed E-state index contributed by atoms with van der Waals surface area (Å²) in [5, 5.41) is 0. The summed E-state index contributed by atoms with van der Waals surface area (Å²) in [7, 11) is 1.33. The summed E-state index contributed by atoms with van der Waals surface area (Å²) >= 11 is 1.21. The van der Waals surface area contributed by atoms with Crippen LogP contribution in [-0.4, -0.2) is 30.2 Å². The zero-order valence-electron chi connectivity index (χ0n) is 23.4. The molecule has 0 amide bonds. The zero-order chi connectivity index (χ0) is 29.9. The molecular weight excluding hydrogens is 564 g/mol. The van der Waals surface area contributed by atoms with Crippen LogP contribution in [0.1, 0.15) is 40.2 Å². The lowest BCUT2D eigenvalue weighted by Gasteiger charge is -2.25. The molecule has 0 radical (unpaired) electrons. The summed E-state index contributed by atoms with van der Waals surface area (Å²) in [5.74, 6) is -0.134. The van der Waals surface area contributed by atoms with Crippen molar-refractivity contribution in [2.45, 2.75) is 13.0 Å². The second-order valence-electron chi connectivity index (χ2n) is 9.58. The fourth-order valence-electron chi connectivity index (χ4n) is 5.08. The van der Waals surface area contributed by atoms with Crippen LogP contribution in [0, 0.1) is 0 Å². The van der Waals surface area contributed by atoms with E-state index in [9.17, 15) is 14.4 Å². The van der Waals surface area contributed by atoms with Gasteiger partial charge in [-0.15, -0.1) is 0 Å². The highest BCUT2D eigenvalue weighted by Crippen LogP contribution is 2.35. The van der Waals surface area contributed by atoms with E-state index < -0.39 is 18.0 Å². The Bertz CT molecular complexity index is 2040. The lowest BCUT2D eigenvalue weighted by molar-refractivity contribution is -0.138. The van der Waals surface area contributed by atoms with E-state index in [1.165, 1.54) is 18.4 Å². The van der Waals surface area contributed by atoms with Crippen LogP contribution in [0.2, 0.25) is 0 Å². The summed E-state index contributed by atoms with van der Waals surface area (Å²) in [6.45, 7) is 1.92. The number of thiazole rings is 1. The summed E-state index contributed by atoms with van der Waals surface area (Å²) in [5.41, 5.74) is 2.86. The molecule has 214 valence electrons. The van der Waals surface area contributed by atoms with Crippen molar-refractivity contribution in [3.8, 4) is 11.3 Å². The number of furan rings is 1. The molecule has 0 aliphatic carbocycles. The predicted octanol–water partition coefficient (Wildman–Crippen LogP) is 4.98. The Hall–Kier alpha value is -5.28. The van der Waals surface area contributed by atoms with Crippen LogP contribution in [0.4, 0.5) is 0 Å². The van der Waals surface area contributed by atoms with Gasteiger partial charge in [0.05, 0.1) is 41.1 Å². The van der Waals surface area contributed by atoms with E-state index in [4.69, 9.17) is 18.9 Å². The Morgan fingerprint density at radius 1 is 0.930 bits per heavy atom. The van der Waals surface area contributed by atoms with Gasteiger partial charge < -0.3 is 13.9 Å². The Balaban J connectivity index is 1.53. The normalized spacial score (nSPS) is 14.7. The molecule has 0 saturated heterocycles. The Morgan fingerprint density at radius 3 is 2.35 bits per heavy atom. The average molecular weight is 591 g/mol. The second kappa shape index (κ2) is 11.9. The maximum Gasteiger partial charge on any atom is 0.338 e. The van der Waals surface area contributed by atoms with Crippen LogP contribution >= 0.6 is 11.3 Å². The number of rotatable bonds is 7. The summed E-state index contributed by atoms with van der Waals surface area (Å²) < 4.78 is 18.4. The van der Waals surface area contributed by atoms with Gasteiger partial charge >= 0.3 is 11.9 Å². The van der Waals surface area contributed by atoms with Crippen LogP contribution in [0.3, 0.4) is 0 Å². The van der Waals surface area contributed by atoms with E-state index in [1.54, 1.807) is 54.0 Å². The van der Waals surface area contributed by atoms with Gasteiger partial charge in [-0.3, -0.25) is 9.36 Å². The van der Waals surface area contributed by atoms with E-state index >= 15 is 0 Å². The first-order valence-corrected chi connectivity index (χ1v) is 14.4. The molecular formula is C34H26N2O6S. The van der Waals surface area contributed by atoms with Gasteiger partial charge in [0.1, 0.15) is 11.5 Å². The highest BCUT2D eigenvalue weighted by atomic mass is 32.1. The lowest BCUT2D eigenvalue weighted by atomic mass is 9.93. The van der Waals surface area contributed by atoms with Crippen molar-refractivity contribution >= 4 is 35.0 Å². The van der Waals surface area contributed by atoms with Gasteiger partial charge in [0.25, 0.3) is 5.56 Å². The molecule has 0 saturated carbocycles. The molecule has 1 aliphatic rings. The first-order chi connectivity index (χ1) is 21.0. The van der Waals surface area contributed by atoms with Gasteiger partial charge in [0, 0.05) is 17.2 Å². The second-order valence-corrected chi connectivity index (χ2v) is 10.6. The van der Waals surface area contributed by atoms with Crippen molar-refractivity contribution in [3.05, 3.63) is 145 Å². The van der Waals surface area contributed by atoms with Crippen LogP contribution in [0.25, 0.3) is 23.1 Å². The van der Waals surface area contributed by atoms with E-state index in [0.29, 0.717) is 37.7 Å². The van der Waals surface area contributed by atoms with Crippen molar-refractivity contribution in [1.29, 1.82) is 0 Å². The van der Waals surface area contributed by atoms with Crippen molar-refractivity contribution < 1.29 is 23.5 Å². The third-order valence-electron chi connectivity index (χ3n) is 6.99. The SMILES string of the molecule is CCOC(=O)C1=C(c2ccccc2)N=c2s/c(=C/c3ccc(-c4ccccc4C(=O)OC)o3)c(=O)n2[C@@H]1c1ccccc1. The number of benzene rings is 3. The number of nitrogens with zero attached hydrogens (tertiary/aromatic N) is 2. The summed E-state index contributed by atoms with van der Waals surface area (Å²) in [6.07, 6.45) is 1.65. The topological polar surface area (TPSA) is 100 Å². The molecule has 43 heavy (non-hydrogen) atoms. The maximum atomic E-state index is 14.0. The standard InChI is InChI=1S/C34H26N2O6S/c1-3-41-33(39)28-29(21-12-6-4-7-13-21)35-34-36(30(28)22-14-8-5-9-15-22)31(37)27(43-34)20-23-18-19-26(42-23)24-16-10-11-17-25(24)32(38)40-2/h4-20,30H,3H2,1-2H3/b27-20+/t30-/m1/s1. The number of esters is 2. The van der Waals surface area contributed by atoms with Crippen LogP contribution < -0.4 is 14.9 Å². The molecule has 2 aromatic heterocycles. The van der Waals surface area contributed by atoms with Crippen LogP contribution in [0.15, 0.2) is 117 Å². The number of aromatic nitrogens is 1. The van der Waals surface area contributed by atoms with E-state index in [2.05, 4.69) is 0 Å². The molecule has 3 heterocycles. The molecule has 1 atom stereocenters. The highest BCUT2D eigenvalue weighted by molar-refractivity contribution is 7.07. The van der Waals surface area contributed by atoms with Crippen molar-refractivity contribution in [3.63, 3.8) is 0 Å². The Kier molecular flexibility index (Phi) is 7.72. The molecule has 0 spiro atoms. The molecule has 9 heteroatoms. The predicted molar refractivity (Wildman–Crippen MR) is 163 cm³/mol. The number of ether oxygens (including phenoxy) is 2. The van der Waals surface area contributed by atoms with Crippen molar-refractivity contribution in [1.82, 2.24) is 4.57 Å². The zero-order valence-corrected chi connectivity index (χ0v) is 24.2. The molecule has 1 aliphatic heterocycles. The number of carbonyl (C=O) groups is 2. The molecule has 6 rings (SSSR count). The first kappa shape index (κ1) is 27.9. The minimum absolute atomic E-state index is 0.177. The minimum atomic E-state index is -0.757. The van der Waals surface area contributed by atoms with Gasteiger partial charge in [-0.1, -0.05) is 90.2 Å². The average Bonchev–Trinajstić information content (AvgIpc) is 3.64. The van der Waals surface area contributed by atoms with Gasteiger partial charge in [0.15, 0.2) is 4.80 Å². The third-order valence-corrected chi connectivity index (χ3v) is 7.97. The molecule has 8 nitrogen and oxygen atoms in total. The maximum absolute atomic E-state index is 14.0. The number of methoxy groups -OCH3 is 1. The third kappa shape index (κ3) is 5.26.